The van der Waals surface area contributed by atoms with Crippen LogP contribution in [0.1, 0.15) is 31.5 Å². The maximum Gasteiger partial charge on any atom is 0.317 e. The molecule has 21 heavy (non-hydrogen) atoms. The molecule has 3 atom stereocenters. The maximum absolute atomic E-state index is 12.5. The Bertz CT molecular complexity index is 512. The number of nitrogens with one attached hydrogen (secondary N) is 1. The summed E-state index contributed by atoms with van der Waals surface area (Å²) in [4.78, 5) is 16.7. The van der Waals surface area contributed by atoms with Crippen molar-refractivity contribution in [2.75, 3.05) is 27.2 Å². The van der Waals surface area contributed by atoms with Gasteiger partial charge in [0, 0.05) is 31.9 Å². The van der Waals surface area contributed by atoms with E-state index in [1.54, 1.807) is 0 Å². The number of aromatic nitrogens is 2. The minimum absolute atomic E-state index is 0.0610. The van der Waals surface area contributed by atoms with Crippen LogP contribution in [0.5, 0.6) is 0 Å². The standard InChI is InChI=1S/C15H25N5O/c1-11-9-19(10-14(11)18(2)3)15(21)17-12-5-4-8-20-13(12)6-7-16-20/h6-7,11-12,14H,4-5,8-10H2,1-3H3,(H,17,21). The summed E-state index contributed by atoms with van der Waals surface area (Å²) in [5.41, 5.74) is 1.13. The van der Waals surface area contributed by atoms with E-state index >= 15 is 0 Å². The van der Waals surface area contributed by atoms with Gasteiger partial charge in [-0.15, -0.1) is 0 Å². The van der Waals surface area contributed by atoms with Crippen molar-refractivity contribution < 1.29 is 4.79 Å². The molecule has 2 amide bonds. The molecule has 0 radical (unpaired) electrons. The van der Waals surface area contributed by atoms with Gasteiger partial charge in [0.2, 0.25) is 0 Å². The number of amides is 2. The van der Waals surface area contributed by atoms with Gasteiger partial charge < -0.3 is 15.1 Å². The number of rotatable bonds is 2. The number of aryl methyl sites for hydroxylation is 1. The first-order chi connectivity index (χ1) is 10.1. The predicted octanol–water partition coefficient (Wildman–Crippen LogP) is 1.31. The highest BCUT2D eigenvalue weighted by Gasteiger charge is 2.34. The Morgan fingerprint density at radius 3 is 2.95 bits per heavy atom. The molecular formula is C15H25N5O. The molecule has 1 aromatic rings. The third-order valence-electron chi connectivity index (χ3n) is 4.79. The maximum atomic E-state index is 12.5. The summed E-state index contributed by atoms with van der Waals surface area (Å²) in [5, 5.41) is 7.49. The van der Waals surface area contributed by atoms with E-state index < -0.39 is 0 Å². The molecule has 1 aromatic heterocycles. The van der Waals surface area contributed by atoms with E-state index in [2.05, 4.69) is 36.3 Å². The van der Waals surface area contributed by atoms with Gasteiger partial charge in [-0.25, -0.2) is 4.79 Å². The minimum atomic E-state index is 0.0610. The minimum Gasteiger partial charge on any atom is -0.330 e. The average molecular weight is 291 g/mol. The molecule has 3 rings (SSSR count). The molecule has 6 nitrogen and oxygen atoms in total. The Balaban J connectivity index is 1.63. The number of carbonyl (C=O) groups is 1. The first-order valence-electron chi connectivity index (χ1n) is 7.80. The molecule has 6 heteroatoms. The molecule has 116 valence electrons. The lowest BCUT2D eigenvalue weighted by Crippen LogP contribution is -2.43. The molecular weight excluding hydrogens is 266 g/mol. The summed E-state index contributed by atoms with van der Waals surface area (Å²) in [5.74, 6) is 0.516. The first kappa shape index (κ1) is 14.4. The molecule has 3 heterocycles. The zero-order valence-corrected chi connectivity index (χ0v) is 13.1. The van der Waals surface area contributed by atoms with Crippen molar-refractivity contribution in [1.29, 1.82) is 0 Å². The van der Waals surface area contributed by atoms with Gasteiger partial charge >= 0.3 is 6.03 Å². The van der Waals surface area contributed by atoms with Crippen LogP contribution in [-0.4, -0.2) is 58.8 Å². The van der Waals surface area contributed by atoms with Gasteiger partial charge in [-0.1, -0.05) is 6.92 Å². The highest BCUT2D eigenvalue weighted by molar-refractivity contribution is 5.75. The Morgan fingerprint density at radius 2 is 2.24 bits per heavy atom. The fraction of sp³-hybridized carbons (Fsp3) is 0.733. The van der Waals surface area contributed by atoms with E-state index in [4.69, 9.17) is 0 Å². The van der Waals surface area contributed by atoms with Gasteiger partial charge in [-0.05, 0) is 38.9 Å². The zero-order valence-electron chi connectivity index (χ0n) is 13.1. The van der Waals surface area contributed by atoms with E-state index in [1.165, 1.54) is 0 Å². The second-order valence-electron chi connectivity index (χ2n) is 6.54. The number of likely N-dealkylation sites (tertiary alicyclic amines) is 1. The Kier molecular flexibility index (Phi) is 3.89. The molecule has 0 aromatic carbocycles. The van der Waals surface area contributed by atoms with Gasteiger partial charge in [0.15, 0.2) is 0 Å². The van der Waals surface area contributed by atoms with E-state index in [1.807, 2.05) is 21.8 Å². The first-order valence-corrected chi connectivity index (χ1v) is 7.80. The predicted molar refractivity (Wildman–Crippen MR) is 80.9 cm³/mol. The number of urea groups is 1. The summed E-state index contributed by atoms with van der Waals surface area (Å²) in [6.45, 7) is 4.82. The third-order valence-corrected chi connectivity index (χ3v) is 4.79. The Hall–Kier alpha value is -1.56. The highest BCUT2D eigenvalue weighted by atomic mass is 16.2. The van der Waals surface area contributed by atoms with Gasteiger partial charge in [-0.3, -0.25) is 4.68 Å². The summed E-state index contributed by atoms with van der Waals surface area (Å²) in [7, 11) is 4.17. The van der Waals surface area contributed by atoms with Gasteiger partial charge in [0.25, 0.3) is 0 Å². The van der Waals surface area contributed by atoms with E-state index in [-0.39, 0.29) is 12.1 Å². The number of carbonyl (C=O) groups excluding carboxylic acids is 1. The largest absolute Gasteiger partial charge is 0.330 e. The number of fused-ring (bicyclic) bond motifs is 1. The molecule has 0 spiro atoms. The number of hydrogen-bond acceptors (Lipinski definition) is 3. The van der Waals surface area contributed by atoms with E-state index in [0.717, 1.165) is 38.2 Å². The van der Waals surface area contributed by atoms with Crippen LogP contribution in [0.2, 0.25) is 0 Å². The van der Waals surface area contributed by atoms with Gasteiger partial charge in [-0.2, -0.15) is 5.10 Å². The molecule has 1 saturated heterocycles. The second kappa shape index (κ2) is 5.67. The SMILES string of the molecule is CC1CN(C(=O)NC2CCCn3nccc32)CC1N(C)C. The molecule has 0 aliphatic carbocycles. The lowest BCUT2D eigenvalue weighted by molar-refractivity contribution is 0.196. The van der Waals surface area contributed by atoms with E-state index in [9.17, 15) is 4.79 Å². The molecule has 1 fully saturated rings. The Morgan fingerprint density at radius 1 is 1.43 bits per heavy atom. The normalized spacial score (nSPS) is 28.8. The van der Waals surface area contributed by atoms with Crippen LogP contribution in [0.15, 0.2) is 12.3 Å². The summed E-state index contributed by atoms with van der Waals surface area (Å²) >= 11 is 0. The molecule has 3 unspecified atom stereocenters. The summed E-state index contributed by atoms with van der Waals surface area (Å²) < 4.78 is 2.00. The average Bonchev–Trinajstić information content (AvgIpc) is 3.05. The van der Waals surface area contributed by atoms with Gasteiger partial charge in [0.05, 0.1) is 11.7 Å². The second-order valence-corrected chi connectivity index (χ2v) is 6.54. The molecule has 2 aliphatic heterocycles. The lowest BCUT2D eigenvalue weighted by Gasteiger charge is -2.27. The Labute approximate surface area is 126 Å². The van der Waals surface area contributed by atoms with Crippen LogP contribution in [0.3, 0.4) is 0 Å². The van der Waals surface area contributed by atoms with Crippen LogP contribution in [0.4, 0.5) is 4.79 Å². The quantitative estimate of drug-likeness (QED) is 0.894. The van der Waals surface area contributed by atoms with Crippen molar-refractivity contribution in [2.45, 2.75) is 38.4 Å². The molecule has 0 saturated carbocycles. The smallest absolute Gasteiger partial charge is 0.317 e. The topological polar surface area (TPSA) is 53.4 Å². The molecule has 1 N–H and O–H groups in total. The zero-order chi connectivity index (χ0) is 15.0. The van der Waals surface area contributed by atoms with Crippen molar-refractivity contribution in [3.63, 3.8) is 0 Å². The van der Waals surface area contributed by atoms with Crippen LogP contribution in [0, 0.1) is 5.92 Å². The van der Waals surface area contributed by atoms with Crippen molar-refractivity contribution in [3.05, 3.63) is 18.0 Å². The van der Waals surface area contributed by atoms with Crippen LogP contribution >= 0.6 is 0 Å². The van der Waals surface area contributed by atoms with Crippen LogP contribution in [-0.2, 0) is 6.54 Å². The number of nitrogens with zero attached hydrogens (tertiary/aromatic N) is 4. The van der Waals surface area contributed by atoms with Crippen LogP contribution in [0.25, 0.3) is 0 Å². The van der Waals surface area contributed by atoms with E-state index in [0.29, 0.717) is 12.0 Å². The fourth-order valence-electron chi connectivity index (χ4n) is 3.59. The highest BCUT2D eigenvalue weighted by Crippen LogP contribution is 2.25. The summed E-state index contributed by atoms with van der Waals surface area (Å²) in [6, 6.07) is 2.63. The summed E-state index contributed by atoms with van der Waals surface area (Å²) in [6.07, 6.45) is 3.88. The number of likely N-dealkylation sites (N-methyl/N-ethyl adjacent to an activating group) is 1. The molecule has 2 aliphatic rings. The van der Waals surface area contributed by atoms with Gasteiger partial charge in [0.1, 0.15) is 0 Å². The van der Waals surface area contributed by atoms with Crippen molar-refractivity contribution >= 4 is 6.03 Å². The van der Waals surface area contributed by atoms with Crippen molar-refractivity contribution in [3.8, 4) is 0 Å². The van der Waals surface area contributed by atoms with Crippen molar-refractivity contribution in [1.82, 2.24) is 24.9 Å². The third kappa shape index (κ3) is 2.77. The van der Waals surface area contributed by atoms with Crippen LogP contribution < -0.4 is 5.32 Å². The number of hydrogen-bond donors (Lipinski definition) is 1. The lowest BCUT2D eigenvalue weighted by atomic mass is 10.0. The monoisotopic (exact) mass is 291 g/mol. The fourth-order valence-corrected chi connectivity index (χ4v) is 3.59. The molecule has 0 bridgehead atoms. The van der Waals surface area contributed by atoms with Crippen molar-refractivity contribution in [2.24, 2.45) is 5.92 Å².